The number of benzene rings is 8. The van der Waals surface area contributed by atoms with Crippen molar-refractivity contribution in [1.29, 1.82) is 0 Å². The van der Waals surface area contributed by atoms with E-state index in [-0.39, 0.29) is 0 Å². The van der Waals surface area contributed by atoms with Crippen LogP contribution in [0.25, 0.3) is 76.5 Å². The zero-order valence-electron chi connectivity index (χ0n) is 26.5. The van der Waals surface area contributed by atoms with E-state index >= 15 is 0 Å². The smallest absolute Gasteiger partial charge is 0.0641 e. The summed E-state index contributed by atoms with van der Waals surface area (Å²) < 4.78 is 4.89. The van der Waals surface area contributed by atoms with Crippen LogP contribution in [-0.4, -0.2) is 16.2 Å². The van der Waals surface area contributed by atoms with E-state index in [0.29, 0.717) is 0 Å². The quantitative estimate of drug-likeness (QED) is 0.192. The maximum Gasteiger partial charge on any atom is 0.0641 e. The SMILES string of the molecule is CN(c1ccc(-n2c3ccccc3c3ccc4c(c5ccccc5n4-c4ccc5ccccc5c4)c32)cc1)c1ccc2ccccc2c1. The third-order valence-corrected chi connectivity index (χ3v) is 10.1. The minimum absolute atomic E-state index is 1.15. The second-order valence-corrected chi connectivity index (χ2v) is 12.7. The zero-order valence-corrected chi connectivity index (χ0v) is 26.5. The maximum atomic E-state index is 2.46. The van der Waals surface area contributed by atoms with Crippen molar-refractivity contribution in [1.82, 2.24) is 9.13 Å². The van der Waals surface area contributed by atoms with Crippen LogP contribution >= 0.6 is 0 Å². The number of anilines is 2. The van der Waals surface area contributed by atoms with Gasteiger partial charge in [0, 0.05) is 51.3 Å². The van der Waals surface area contributed by atoms with Gasteiger partial charge in [-0.2, -0.15) is 0 Å². The highest BCUT2D eigenvalue weighted by atomic mass is 15.1. The molecule has 0 spiro atoms. The Hall–Kier alpha value is -6.32. The Kier molecular flexibility index (Phi) is 5.79. The first-order valence-electron chi connectivity index (χ1n) is 16.5. The second-order valence-electron chi connectivity index (χ2n) is 12.7. The monoisotopic (exact) mass is 613 g/mol. The Morgan fingerprint density at radius 1 is 0.375 bits per heavy atom. The van der Waals surface area contributed by atoms with Gasteiger partial charge in [-0.1, -0.05) is 103 Å². The molecule has 3 heteroatoms. The van der Waals surface area contributed by atoms with Crippen molar-refractivity contribution in [3.63, 3.8) is 0 Å². The largest absolute Gasteiger partial charge is 0.345 e. The molecule has 8 aromatic carbocycles. The highest BCUT2D eigenvalue weighted by molar-refractivity contribution is 6.26. The molecular formula is C45H31N3. The molecule has 0 aliphatic heterocycles. The normalized spacial score (nSPS) is 11.9. The fraction of sp³-hybridized carbons (Fsp3) is 0.0222. The van der Waals surface area contributed by atoms with Gasteiger partial charge < -0.3 is 14.0 Å². The van der Waals surface area contributed by atoms with Gasteiger partial charge >= 0.3 is 0 Å². The summed E-state index contributed by atoms with van der Waals surface area (Å²) in [5, 5.41) is 10.0. The van der Waals surface area contributed by atoms with Crippen LogP contribution in [0.1, 0.15) is 0 Å². The van der Waals surface area contributed by atoms with Crippen molar-refractivity contribution in [2.75, 3.05) is 11.9 Å². The van der Waals surface area contributed by atoms with Crippen LogP contribution in [0.15, 0.2) is 170 Å². The molecular weight excluding hydrogens is 583 g/mol. The Morgan fingerprint density at radius 3 is 1.69 bits per heavy atom. The van der Waals surface area contributed by atoms with E-state index in [1.54, 1.807) is 0 Å². The van der Waals surface area contributed by atoms with Gasteiger partial charge in [-0.3, -0.25) is 0 Å². The molecule has 10 rings (SSSR count). The molecule has 0 bridgehead atoms. The van der Waals surface area contributed by atoms with Gasteiger partial charge in [0.25, 0.3) is 0 Å². The predicted octanol–water partition coefficient (Wildman–Crippen LogP) is 12.0. The topological polar surface area (TPSA) is 13.1 Å². The van der Waals surface area contributed by atoms with Gasteiger partial charge in [0.2, 0.25) is 0 Å². The average Bonchev–Trinajstić information content (AvgIpc) is 3.67. The van der Waals surface area contributed by atoms with Gasteiger partial charge in [-0.05, 0) is 88.3 Å². The summed E-state index contributed by atoms with van der Waals surface area (Å²) in [5.74, 6) is 0. The number of fused-ring (bicyclic) bond motifs is 9. The molecule has 0 amide bonds. The highest BCUT2D eigenvalue weighted by Gasteiger charge is 2.21. The number of para-hydroxylation sites is 2. The summed E-state index contributed by atoms with van der Waals surface area (Å²) in [6.45, 7) is 0. The number of rotatable bonds is 4. The lowest BCUT2D eigenvalue weighted by Crippen LogP contribution is -2.09. The van der Waals surface area contributed by atoms with Crippen LogP contribution in [0.2, 0.25) is 0 Å². The molecule has 0 radical (unpaired) electrons. The molecule has 0 atom stereocenters. The highest BCUT2D eigenvalue weighted by Crippen LogP contribution is 2.42. The molecule has 0 aliphatic rings. The number of hydrogen-bond donors (Lipinski definition) is 0. The standard InChI is InChI=1S/C45H31N3/c1-46(36-20-18-30-10-2-4-12-32(30)28-36)34-22-24-35(25-23-34)48-41-16-8-6-14-38(41)39-26-27-43-44(45(39)48)40-15-7-9-17-42(40)47(43)37-21-19-31-11-3-5-13-33(31)29-37/h2-29H,1H3. The summed E-state index contributed by atoms with van der Waals surface area (Å²) in [7, 11) is 2.14. The molecule has 2 aromatic heterocycles. The van der Waals surface area contributed by atoms with Gasteiger partial charge in [0.15, 0.2) is 0 Å². The average molecular weight is 614 g/mol. The molecule has 3 nitrogen and oxygen atoms in total. The summed E-state index contributed by atoms with van der Waals surface area (Å²) in [5.41, 5.74) is 9.48. The van der Waals surface area contributed by atoms with Crippen LogP contribution in [0.5, 0.6) is 0 Å². The summed E-state index contributed by atoms with van der Waals surface area (Å²) in [6, 6.07) is 61.9. The third kappa shape index (κ3) is 3.94. The van der Waals surface area contributed by atoms with Crippen molar-refractivity contribution in [2.45, 2.75) is 0 Å². The van der Waals surface area contributed by atoms with Crippen molar-refractivity contribution in [3.05, 3.63) is 170 Å². The lowest BCUT2D eigenvalue weighted by atomic mass is 10.1. The number of aromatic nitrogens is 2. The summed E-state index contributed by atoms with van der Waals surface area (Å²) >= 11 is 0. The van der Waals surface area contributed by atoms with E-state index < -0.39 is 0 Å². The number of hydrogen-bond acceptors (Lipinski definition) is 1. The fourth-order valence-electron chi connectivity index (χ4n) is 7.73. The minimum atomic E-state index is 1.15. The van der Waals surface area contributed by atoms with Gasteiger partial charge in [0.1, 0.15) is 0 Å². The predicted molar refractivity (Wildman–Crippen MR) is 205 cm³/mol. The minimum Gasteiger partial charge on any atom is -0.345 e. The maximum absolute atomic E-state index is 2.46. The summed E-state index contributed by atoms with van der Waals surface area (Å²) in [4.78, 5) is 2.26. The van der Waals surface area contributed by atoms with E-state index in [0.717, 1.165) is 11.4 Å². The van der Waals surface area contributed by atoms with Crippen molar-refractivity contribution in [3.8, 4) is 11.4 Å². The lowest BCUT2D eigenvalue weighted by Gasteiger charge is -2.21. The molecule has 226 valence electrons. The van der Waals surface area contributed by atoms with Gasteiger partial charge in [-0.25, -0.2) is 0 Å². The molecule has 0 saturated heterocycles. The Morgan fingerprint density at radius 2 is 0.938 bits per heavy atom. The second kappa shape index (κ2) is 10.3. The first kappa shape index (κ1) is 26.9. The molecule has 2 heterocycles. The van der Waals surface area contributed by atoms with Crippen molar-refractivity contribution in [2.24, 2.45) is 0 Å². The summed E-state index contributed by atoms with van der Waals surface area (Å²) in [6.07, 6.45) is 0. The molecule has 0 aliphatic carbocycles. The van der Waals surface area contributed by atoms with Crippen LogP contribution in [0.3, 0.4) is 0 Å². The van der Waals surface area contributed by atoms with Crippen LogP contribution in [0, 0.1) is 0 Å². The van der Waals surface area contributed by atoms with Crippen LogP contribution in [-0.2, 0) is 0 Å². The molecule has 0 saturated carbocycles. The molecule has 0 N–H and O–H groups in total. The van der Waals surface area contributed by atoms with E-state index in [9.17, 15) is 0 Å². The number of nitrogens with zero attached hydrogens (tertiary/aromatic N) is 3. The van der Waals surface area contributed by atoms with E-state index in [4.69, 9.17) is 0 Å². The van der Waals surface area contributed by atoms with Crippen molar-refractivity contribution < 1.29 is 0 Å². The molecule has 48 heavy (non-hydrogen) atoms. The first-order chi connectivity index (χ1) is 23.7. The van der Waals surface area contributed by atoms with E-state index in [1.165, 1.54) is 76.5 Å². The van der Waals surface area contributed by atoms with E-state index in [2.05, 4.69) is 191 Å². The first-order valence-corrected chi connectivity index (χ1v) is 16.5. The zero-order chi connectivity index (χ0) is 31.8. The Balaban J connectivity index is 1.20. The molecule has 10 aromatic rings. The fourth-order valence-corrected chi connectivity index (χ4v) is 7.73. The molecule has 0 fully saturated rings. The van der Waals surface area contributed by atoms with Gasteiger partial charge in [-0.15, -0.1) is 0 Å². The lowest BCUT2D eigenvalue weighted by molar-refractivity contribution is 1.16. The van der Waals surface area contributed by atoms with E-state index in [1.807, 2.05) is 0 Å². The Bertz CT molecular complexity index is 2850. The van der Waals surface area contributed by atoms with Crippen LogP contribution < -0.4 is 4.90 Å². The van der Waals surface area contributed by atoms with Crippen LogP contribution in [0.4, 0.5) is 11.4 Å². The van der Waals surface area contributed by atoms with Gasteiger partial charge in [0.05, 0.1) is 22.1 Å². The third-order valence-electron chi connectivity index (χ3n) is 10.1. The molecule has 0 unspecified atom stereocenters. The Labute approximate surface area is 278 Å². The van der Waals surface area contributed by atoms with Crippen molar-refractivity contribution >= 4 is 76.5 Å².